The van der Waals surface area contributed by atoms with E-state index in [1.165, 1.54) is 10.5 Å². The quantitative estimate of drug-likeness (QED) is 0.822. The maximum atomic E-state index is 11.7. The lowest BCUT2D eigenvalue weighted by molar-refractivity contribution is 0.0963. The first kappa shape index (κ1) is 15.4. The van der Waals surface area contributed by atoms with Crippen molar-refractivity contribution in [3.63, 3.8) is 0 Å². The summed E-state index contributed by atoms with van der Waals surface area (Å²) < 4.78 is 0. The zero-order chi connectivity index (χ0) is 15.2. The fourth-order valence-corrected chi connectivity index (χ4v) is 2.53. The van der Waals surface area contributed by atoms with Crippen LogP contribution in [0.1, 0.15) is 28.9 Å². The molecule has 0 aromatic heterocycles. The van der Waals surface area contributed by atoms with Gasteiger partial charge in [-0.25, -0.2) is 0 Å². The lowest BCUT2D eigenvalue weighted by Crippen LogP contribution is -2.18. The van der Waals surface area contributed by atoms with Gasteiger partial charge in [0.15, 0.2) is 0 Å². The van der Waals surface area contributed by atoms with Crippen LogP contribution in [0.2, 0.25) is 0 Å². The van der Waals surface area contributed by atoms with Gasteiger partial charge in [-0.05, 0) is 49.1 Å². The van der Waals surface area contributed by atoms with Gasteiger partial charge in [0, 0.05) is 29.2 Å². The van der Waals surface area contributed by atoms with Gasteiger partial charge in [-0.15, -0.1) is 11.8 Å². The Bertz CT molecular complexity index is 610. The third-order valence-corrected chi connectivity index (χ3v) is 4.09. The van der Waals surface area contributed by atoms with Crippen molar-refractivity contribution in [3.05, 3.63) is 59.7 Å². The van der Waals surface area contributed by atoms with Gasteiger partial charge in [-0.2, -0.15) is 0 Å². The van der Waals surface area contributed by atoms with Gasteiger partial charge in [0.2, 0.25) is 0 Å². The van der Waals surface area contributed by atoms with Gasteiger partial charge >= 0.3 is 0 Å². The number of anilines is 1. The summed E-state index contributed by atoms with van der Waals surface area (Å²) in [6, 6.07) is 16.2. The van der Waals surface area contributed by atoms with E-state index in [1.54, 1.807) is 18.8 Å². The number of amides is 1. The third kappa shape index (κ3) is 4.02. The van der Waals surface area contributed by atoms with Crippen LogP contribution in [0, 0.1) is 0 Å². The maximum Gasteiger partial charge on any atom is 0.251 e. The van der Waals surface area contributed by atoms with Crippen molar-refractivity contribution in [2.75, 3.05) is 18.6 Å². The van der Waals surface area contributed by atoms with Crippen LogP contribution >= 0.6 is 11.8 Å². The summed E-state index contributed by atoms with van der Waals surface area (Å²) in [5.41, 5.74) is 2.82. The van der Waals surface area contributed by atoms with Gasteiger partial charge in [0.1, 0.15) is 0 Å². The standard InChI is InChI=1S/C17H20N2OS/c1-12(13-7-9-16(21-3)10-8-13)19-15-6-4-5-14(11-15)17(20)18-2/h4-12,19H,1-3H3,(H,18,20). The second kappa shape index (κ2) is 7.18. The lowest BCUT2D eigenvalue weighted by Gasteiger charge is -2.16. The summed E-state index contributed by atoms with van der Waals surface area (Å²) >= 11 is 1.74. The number of nitrogens with one attached hydrogen (secondary N) is 2. The Balaban J connectivity index is 2.11. The molecule has 2 rings (SSSR count). The molecule has 0 aliphatic heterocycles. The van der Waals surface area contributed by atoms with Crippen molar-refractivity contribution >= 4 is 23.4 Å². The topological polar surface area (TPSA) is 41.1 Å². The minimum atomic E-state index is -0.0735. The Hall–Kier alpha value is -1.94. The van der Waals surface area contributed by atoms with Gasteiger partial charge in [0.05, 0.1) is 0 Å². The van der Waals surface area contributed by atoms with Crippen LogP contribution in [-0.4, -0.2) is 19.2 Å². The zero-order valence-corrected chi connectivity index (χ0v) is 13.3. The first-order chi connectivity index (χ1) is 10.1. The van der Waals surface area contributed by atoms with Gasteiger partial charge in [-0.3, -0.25) is 4.79 Å². The number of carbonyl (C=O) groups excluding carboxylic acids is 1. The number of thioether (sulfide) groups is 1. The number of hydrogen-bond acceptors (Lipinski definition) is 3. The Morgan fingerprint density at radius 1 is 1.14 bits per heavy atom. The Labute approximate surface area is 130 Å². The molecule has 0 heterocycles. The second-order valence-electron chi connectivity index (χ2n) is 4.80. The molecule has 0 saturated heterocycles. The largest absolute Gasteiger partial charge is 0.379 e. The van der Waals surface area contributed by atoms with Crippen molar-refractivity contribution in [3.8, 4) is 0 Å². The molecule has 0 bridgehead atoms. The molecule has 1 unspecified atom stereocenters. The predicted octanol–water partition coefficient (Wildman–Crippen LogP) is 3.94. The Kier molecular flexibility index (Phi) is 5.28. The SMILES string of the molecule is CNC(=O)c1cccc(NC(C)c2ccc(SC)cc2)c1. The molecule has 2 aromatic rings. The zero-order valence-electron chi connectivity index (χ0n) is 12.5. The molecular weight excluding hydrogens is 280 g/mol. The lowest BCUT2D eigenvalue weighted by atomic mass is 10.1. The molecule has 0 fully saturated rings. The van der Waals surface area contributed by atoms with Gasteiger partial charge < -0.3 is 10.6 Å². The molecule has 2 N–H and O–H groups in total. The van der Waals surface area contributed by atoms with E-state index < -0.39 is 0 Å². The monoisotopic (exact) mass is 300 g/mol. The van der Waals surface area contributed by atoms with E-state index >= 15 is 0 Å². The first-order valence-electron chi connectivity index (χ1n) is 6.86. The highest BCUT2D eigenvalue weighted by Crippen LogP contribution is 2.22. The predicted molar refractivity (Wildman–Crippen MR) is 90.1 cm³/mol. The van der Waals surface area contributed by atoms with E-state index in [-0.39, 0.29) is 11.9 Å². The number of carbonyl (C=O) groups is 1. The average molecular weight is 300 g/mol. The molecule has 0 saturated carbocycles. The molecule has 1 amide bonds. The second-order valence-corrected chi connectivity index (χ2v) is 5.68. The van der Waals surface area contributed by atoms with Crippen molar-refractivity contribution in [2.24, 2.45) is 0 Å². The van der Waals surface area contributed by atoms with Crippen LogP contribution in [0.4, 0.5) is 5.69 Å². The summed E-state index contributed by atoms with van der Waals surface area (Å²) in [6.45, 7) is 2.11. The van der Waals surface area contributed by atoms with Crippen molar-refractivity contribution < 1.29 is 4.79 Å². The average Bonchev–Trinajstić information content (AvgIpc) is 2.54. The maximum absolute atomic E-state index is 11.7. The molecule has 3 nitrogen and oxygen atoms in total. The van der Waals surface area contributed by atoms with Gasteiger partial charge in [0.25, 0.3) is 5.91 Å². The van der Waals surface area contributed by atoms with E-state index in [0.29, 0.717) is 5.56 Å². The fraction of sp³-hybridized carbons (Fsp3) is 0.235. The first-order valence-corrected chi connectivity index (χ1v) is 8.09. The number of hydrogen-bond donors (Lipinski definition) is 2. The van der Waals surface area contributed by atoms with Crippen LogP contribution in [0.3, 0.4) is 0 Å². The van der Waals surface area contributed by atoms with Crippen molar-refractivity contribution in [1.82, 2.24) is 5.32 Å². The molecule has 2 aromatic carbocycles. The third-order valence-electron chi connectivity index (χ3n) is 3.35. The Morgan fingerprint density at radius 3 is 2.48 bits per heavy atom. The van der Waals surface area contributed by atoms with Crippen molar-refractivity contribution in [2.45, 2.75) is 17.9 Å². The summed E-state index contributed by atoms with van der Waals surface area (Å²) in [6.07, 6.45) is 2.07. The van der Waals surface area contributed by atoms with Crippen LogP contribution in [0.15, 0.2) is 53.4 Å². The number of rotatable bonds is 5. The normalized spacial score (nSPS) is 11.8. The molecular formula is C17H20N2OS. The van der Waals surface area contributed by atoms with Gasteiger partial charge in [-0.1, -0.05) is 18.2 Å². The van der Waals surface area contributed by atoms with Crippen LogP contribution in [-0.2, 0) is 0 Å². The molecule has 0 aliphatic carbocycles. The van der Waals surface area contributed by atoms with E-state index in [2.05, 4.69) is 48.1 Å². The van der Waals surface area contributed by atoms with E-state index in [9.17, 15) is 4.79 Å². The van der Waals surface area contributed by atoms with E-state index in [1.807, 2.05) is 24.3 Å². The summed E-state index contributed by atoms with van der Waals surface area (Å²) in [4.78, 5) is 12.9. The molecule has 4 heteroatoms. The highest BCUT2D eigenvalue weighted by Gasteiger charge is 2.07. The number of benzene rings is 2. The minimum Gasteiger partial charge on any atom is -0.379 e. The molecule has 0 radical (unpaired) electrons. The molecule has 0 aliphatic rings. The summed E-state index contributed by atoms with van der Waals surface area (Å²) in [5, 5.41) is 6.07. The van der Waals surface area contributed by atoms with Crippen molar-refractivity contribution in [1.29, 1.82) is 0 Å². The van der Waals surface area contributed by atoms with E-state index in [0.717, 1.165) is 5.69 Å². The minimum absolute atomic E-state index is 0.0735. The van der Waals surface area contributed by atoms with Crippen LogP contribution in [0.5, 0.6) is 0 Å². The highest BCUT2D eigenvalue weighted by atomic mass is 32.2. The van der Waals surface area contributed by atoms with E-state index in [4.69, 9.17) is 0 Å². The Morgan fingerprint density at radius 2 is 1.86 bits per heavy atom. The summed E-state index contributed by atoms with van der Waals surface area (Å²) in [5.74, 6) is -0.0735. The highest BCUT2D eigenvalue weighted by molar-refractivity contribution is 7.98. The van der Waals surface area contributed by atoms with Crippen LogP contribution < -0.4 is 10.6 Å². The smallest absolute Gasteiger partial charge is 0.251 e. The van der Waals surface area contributed by atoms with Crippen LogP contribution in [0.25, 0.3) is 0 Å². The molecule has 110 valence electrons. The molecule has 0 spiro atoms. The molecule has 1 atom stereocenters. The molecule has 21 heavy (non-hydrogen) atoms. The summed E-state index contributed by atoms with van der Waals surface area (Å²) in [7, 11) is 1.64. The fourth-order valence-electron chi connectivity index (χ4n) is 2.12.